The second kappa shape index (κ2) is 8.60. The number of halogens is 1. The quantitative estimate of drug-likeness (QED) is 0.309. The number of nitrogens with one attached hydrogen (secondary N) is 3. The molecule has 1 amide bonds. The second-order valence-corrected chi connectivity index (χ2v) is 8.40. The zero-order valence-electron chi connectivity index (χ0n) is 18.5. The van der Waals surface area contributed by atoms with E-state index in [0.717, 1.165) is 24.0 Å². The minimum absolute atomic E-state index is 0.141. The molecule has 172 valence electrons. The number of pyridine rings is 1. The number of amides is 1. The van der Waals surface area contributed by atoms with E-state index in [1.54, 1.807) is 30.7 Å². The number of para-hydroxylation sites is 1. The number of imidazole rings is 1. The molecule has 3 aromatic heterocycles. The van der Waals surface area contributed by atoms with E-state index in [1.807, 2.05) is 24.3 Å². The van der Waals surface area contributed by atoms with Crippen molar-refractivity contribution in [2.45, 2.75) is 18.8 Å². The topological polar surface area (TPSA) is 108 Å². The number of carbonyl (C=O) groups is 1. The normalized spacial score (nSPS) is 13.1. The van der Waals surface area contributed by atoms with Gasteiger partial charge in [-0.05, 0) is 66.8 Å². The van der Waals surface area contributed by atoms with Crippen molar-refractivity contribution < 1.29 is 9.18 Å². The molecule has 0 unspecified atom stereocenters. The summed E-state index contributed by atoms with van der Waals surface area (Å²) in [5.74, 6) is 0.121. The number of rotatable bonds is 6. The molecule has 0 atom stereocenters. The average molecular weight is 465 g/mol. The monoisotopic (exact) mass is 465 g/mol. The molecule has 8 nitrogen and oxygen atoms in total. The maximum atomic E-state index is 14.1. The molecule has 5 aromatic rings. The van der Waals surface area contributed by atoms with Crippen molar-refractivity contribution in [3.05, 3.63) is 90.4 Å². The summed E-state index contributed by atoms with van der Waals surface area (Å²) in [7, 11) is 0. The number of carbonyl (C=O) groups excluding carboxylic acids is 1. The Morgan fingerprint density at radius 1 is 1.00 bits per heavy atom. The molecule has 1 saturated carbocycles. The Morgan fingerprint density at radius 3 is 2.74 bits per heavy atom. The fourth-order valence-electron chi connectivity index (χ4n) is 4.06. The largest absolute Gasteiger partial charge is 0.340 e. The van der Waals surface area contributed by atoms with Crippen molar-refractivity contribution >= 4 is 34.3 Å². The van der Waals surface area contributed by atoms with Crippen LogP contribution in [0, 0.1) is 5.82 Å². The van der Waals surface area contributed by atoms with Gasteiger partial charge in [-0.3, -0.25) is 4.79 Å². The average Bonchev–Trinajstić information content (AvgIpc) is 3.62. The number of aromatic nitrogens is 5. The van der Waals surface area contributed by atoms with E-state index in [4.69, 9.17) is 0 Å². The number of nitrogens with zero attached hydrogens (tertiary/aromatic N) is 4. The van der Waals surface area contributed by atoms with Crippen LogP contribution in [-0.2, 0) is 0 Å². The lowest BCUT2D eigenvalue weighted by atomic mass is 10.0. The fourth-order valence-corrected chi connectivity index (χ4v) is 4.06. The third-order valence-corrected chi connectivity index (χ3v) is 5.93. The summed E-state index contributed by atoms with van der Waals surface area (Å²) < 4.78 is 14.1. The molecule has 6 rings (SSSR count). The van der Waals surface area contributed by atoms with Crippen LogP contribution in [0.2, 0.25) is 0 Å². The van der Waals surface area contributed by atoms with Crippen LogP contribution in [-0.4, -0.2) is 30.8 Å². The predicted molar refractivity (Wildman–Crippen MR) is 131 cm³/mol. The Bertz CT molecular complexity index is 1560. The highest BCUT2D eigenvalue weighted by molar-refractivity contribution is 6.05. The maximum absolute atomic E-state index is 14.1. The number of anilines is 3. The summed E-state index contributed by atoms with van der Waals surface area (Å²) in [5, 5.41) is 6.03. The number of hydrogen-bond acceptors (Lipinski definition) is 6. The van der Waals surface area contributed by atoms with E-state index in [0.29, 0.717) is 39.8 Å². The van der Waals surface area contributed by atoms with Crippen molar-refractivity contribution in [1.82, 2.24) is 24.9 Å². The molecule has 35 heavy (non-hydrogen) atoms. The van der Waals surface area contributed by atoms with Crippen LogP contribution >= 0.6 is 0 Å². The Balaban J connectivity index is 1.36. The highest BCUT2D eigenvalue weighted by Gasteiger charge is 2.25. The number of H-pyrrole nitrogens is 1. The number of benzene rings is 2. The van der Waals surface area contributed by atoms with Gasteiger partial charge in [0.15, 0.2) is 5.65 Å². The molecular weight excluding hydrogens is 445 g/mol. The van der Waals surface area contributed by atoms with Crippen molar-refractivity contribution in [3.63, 3.8) is 0 Å². The van der Waals surface area contributed by atoms with Crippen LogP contribution in [0.5, 0.6) is 0 Å². The van der Waals surface area contributed by atoms with Gasteiger partial charge in [-0.1, -0.05) is 12.1 Å². The van der Waals surface area contributed by atoms with Gasteiger partial charge in [-0.25, -0.2) is 24.3 Å². The molecule has 0 aliphatic heterocycles. The maximum Gasteiger partial charge on any atom is 0.255 e. The van der Waals surface area contributed by atoms with Gasteiger partial charge in [-0.2, -0.15) is 0 Å². The predicted octanol–water partition coefficient (Wildman–Crippen LogP) is 5.43. The highest BCUT2D eigenvalue weighted by atomic mass is 19.1. The molecule has 1 aliphatic carbocycles. The minimum atomic E-state index is -0.481. The summed E-state index contributed by atoms with van der Waals surface area (Å²) in [6.07, 6.45) is 6.89. The van der Waals surface area contributed by atoms with Crippen LogP contribution in [0.1, 0.15) is 34.7 Å². The third-order valence-electron chi connectivity index (χ3n) is 5.93. The number of fused-ring (bicyclic) bond motifs is 1. The Kier molecular flexibility index (Phi) is 5.14. The molecule has 9 heteroatoms. The van der Waals surface area contributed by atoms with Gasteiger partial charge in [-0.15, -0.1) is 0 Å². The summed E-state index contributed by atoms with van der Waals surface area (Å²) in [4.78, 5) is 33.5. The van der Waals surface area contributed by atoms with Crippen LogP contribution < -0.4 is 10.6 Å². The first kappa shape index (κ1) is 20.9. The molecule has 0 spiro atoms. The van der Waals surface area contributed by atoms with Gasteiger partial charge in [0.05, 0.1) is 12.0 Å². The number of aromatic amines is 1. The van der Waals surface area contributed by atoms with Crippen molar-refractivity contribution in [2.24, 2.45) is 0 Å². The van der Waals surface area contributed by atoms with Gasteiger partial charge >= 0.3 is 0 Å². The molecular formula is C26H20FN7O. The van der Waals surface area contributed by atoms with Crippen molar-refractivity contribution in [1.29, 1.82) is 0 Å². The molecule has 1 fully saturated rings. The van der Waals surface area contributed by atoms with Crippen LogP contribution in [0.3, 0.4) is 0 Å². The lowest BCUT2D eigenvalue weighted by Crippen LogP contribution is -2.13. The van der Waals surface area contributed by atoms with Gasteiger partial charge in [0.1, 0.15) is 29.2 Å². The minimum Gasteiger partial charge on any atom is -0.340 e. The SMILES string of the molecule is O=C(Nc1ccccc1F)c1cc(Nc2ncccc2-c2ncnc3[nH]cnc23)cc(C2CC2)c1. The van der Waals surface area contributed by atoms with Crippen LogP contribution in [0.25, 0.3) is 22.4 Å². The highest BCUT2D eigenvalue weighted by Crippen LogP contribution is 2.42. The molecule has 0 bridgehead atoms. The molecule has 0 saturated heterocycles. The van der Waals surface area contributed by atoms with Crippen molar-refractivity contribution in [3.8, 4) is 11.3 Å². The first-order valence-electron chi connectivity index (χ1n) is 11.2. The third kappa shape index (κ3) is 4.19. The van der Waals surface area contributed by atoms with E-state index < -0.39 is 5.82 Å². The van der Waals surface area contributed by atoms with E-state index in [-0.39, 0.29) is 11.6 Å². The smallest absolute Gasteiger partial charge is 0.255 e. The second-order valence-electron chi connectivity index (χ2n) is 8.40. The van der Waals surface area contributed by atoms with Gasteiger partial charge in [0.25, 0.3) is 5.91 Å². The van der Waals surface area contributed by atoms with Gasteiger partial charge in [0.2, 0.25) is 0 Å². The zero-order valence-corrected chi connectivity index (χ0v) is 18.5. The summed E-state index contributed by atoms with van der Waals surface area (Å²) in [6, 6.07) is 15.5. The lowest BCUT2D eigenvalue weighted by molar-refractivity contribution is 0.102. The fraction of sp³-hybridized carbons (Fsp3) is 0.115. The van der Waals surface area contributed by atoms with Crippen LogP contribution in [0.4, 0.5) is 21.6 Å². The number of hydrogen-bond donors (Lipinski definition) is 3. The van der Waals surface area contributed by atoms with E-state index >= 15 is 0 Å². The standard InChI is InChI=1S/C26H20FN7O/c27-20-5-1-2-6-21(20)34-26(35)17-10-16(15-7-8-15)11-18(12-17)33-24-19(4-3-9-28-24)22-23-25(31-13-29-22)32-14-30-23/h1-6,9-15H,7-8H2,(H,28,33)(H,34,35)(H,29,30,31,32). The van der Waals surface area contributed by atoms with Crippen LogP contribution in [0.15, 0.2) is 73.4 Å². The van der Waals surface area contributed by atoms with Crippen molar-refractivity contribution in [2.75, 3.05) is 10.6 Å². The van der Waals surface area contributed by atoms with Gasteiger partial charge in [0, 0.05) is 23.0 Å². The summed E-state index contributed by atoms with van der Waals surface area (Å²) in [6.45, 7) is 0. The molecule has 1 aliphatic rings. The molecule has 3 heterocycles. The zero-order chi connectivity index (χ0) is 23.8. The lowest BCUT2D eigenvalue weighted by Gasteiger charge is -2.14. The van der Waals surface area contributed by atoms with Gasteiger partial charge < -0.3 is 15.6 Å². The Labute approximate surface area is 199 Å². The Hall–Kier alpha value is -4.66. The molecule has 2 aromatic carbocycles. The molecule has 3 N–H and O–H groups in total. The summed E-state index contributed by atoms with van der Waals surface area (Å²) in [5.41, 5.74) is 5.01. The van der Waals surface area contributed by atoms with E-state index in [9.17, 15) is 9.18 Å². The summed E-state index contributed by atoms with van der Waals surface area (Å²) >= 11 is 0. The Morgan fingerprint density at radius 2 is 1.89 bits per heavy atom. The molecule has 0 radical (unpaired) electrons. The van der Waals surface area contributed by atoms with E-state index in [1.165, 1.54) is 18.5 Å². The first-order valence-corrected chi connectivity index (χ1v) is 11.2. The van der Waals surface area contributed by atoms with E-state index in [2.05, 4.69) is 35.6 Å². The first-order chi connectivity index (χ1) is 17.2.